The third-order valence-corrected chi connectivity index (χ3v) is 3.01. The van der Waals surface area contributed by atoms with Gasteiger partial charge in [0.05, 0.1) is 24.4 Å². The quantitative estimate of drug-likeness (QED) is 0.874. The van der Waals surface area contributed by atoms with E-state index in [1.54, 1.807) is 19.2 Å². The summed E-state index contributed by atoms with van der Waals surface area (Å²) in [4.78, 5) is 11.0. The zero-order chi connectivity index (χ0) is 14.7. The van der Waals surface area contributed by atoms with Gasteiger partial charge in [-0.2, -0.15) is 0 Å². The average Bonchev–Trinajstić information content (AvgIpc) is 2.85. The van der Waals surface area contributed by atoms with Crippen molar-refractivity contribution in [3.63, 3.8) is 0 Å². The molecule has 106 valence electrons. The summed E-state index contributed by atoms with van der Waals surface area (Å²) in [6, 6.07) is 8.37. The molecule has 2 aromatic rings. The van der Waals surface area contributed by atoms with E-state index in [-0.39, 0.29) is 11.6 Å². The molecule has 1 heterocycles. The molecule has 2 rings (SSSR count). The Labute approximate surface area is 117 Å². The zero-order valence-corrected chi connectivity index (χ0v) is 11.6. The first-order valence-electron chi connectivity index (χ1n) is 6.25. The number of carboxylic acid groups (broad SMARTS) is 1. The number of aromatic carboxylic acids is 1. The predicted octanol–water partition coefficient (Wildman–Crippen LogP) is 3.47. The van der Waals surface area contributed by atoms with Gasteiger partial charge in [-0.15, -0.1) is 0 Å². The van der Waals surface area contributed by atoms with Crippen LogP contribution >= 0.6 is 0 Å². The van der Waals surface area contributed by atoms with Crippen molar-refractivity contribution in [2.75, 3.05) is 12.4 Å². The molecule has 1 atom stereocenters. The number of ether oxygens (including phenoxy) is 1. The molecule has 0 aliphatic heterocycles. The third kappa shape index (κ3) is 2.93. The van der Waals surface area contributed by atoms with E-state index in [2.05, 4.69) is 5.32 Å². The molecule has 0 amide bonds. The van der Waals surface area contributed by atoms with Gasteiger partial charge in [-0.1, -0.05) is 0 Å². The van der Waals surface area contributed by atoms with E-state index in [0.29, 0.717) is 11.4 Å². The molecule has 0 fully saturated rings. The first-order valence-corrected chi connectivity index (χ1v) is 6.25. The van der Waals surface area contributed by atoms with Gasteiger partial charge in [-0.25, -0.2) is 4.79 Å². The van der Waals surface area contributed by atoms with Crippen molar-refractivity contribution in [1.29, 1.82) is 0 Å². The summed E-state index contributed by atoms with van der Waals surface area (Å²) in [5.74, 6) is 1.23. The van der Waals surface area contributed by atoms with Crippen LogP contribution in [0.15, 0.2) is 34.7 Å². The number of benzene rings is 1. The lowest BCUT2D eigenvalue weighted by Gasteiger charge is -2.16. The SMILES string of the molecule is COc1ccc(C(=O)O)cc1NC(C)c1ccc(C)o1. The highest BCUT2D eigenvalue weighted by Crippen LogP contribution is 2.29. The minimum atomic E-state index is -0.975. The van der Waals surface area contributed by atoms with Crippen molar-refractivity contribution >= 4 is 11.7 Å². The second-order valence-electron chi connectivity index (χ2n) is 4.53. The van der Waals surface area contributed by atoms with Crippen LogP contribution in [-0.2, 0) is 0 Å². The number of rotatable bonds is 5. The van der Waals surface area contributed by atoms with Crippen molar-refractivity contribution < 1.29 is 19.1 Å². The summed E-state index contributed by atoms with van der Waals surface area (Å²) >= 11 is 0. The lowest BCUT2D eigenvalue weighted by Crippen LogP contribution is -2.08. The van der Waals surface area contributed by atoms with Crippen LogP contribution in [-0.4, -0.2) is 18.2 Å². The molecular formula is C15H17NO4. The summed E-state index contributed by atoms with van der Waals surface area (Å²) in [5.41, 5.74) is 0.824. The van der Waals surface area contributed by atoms with E-state index >= 15 is 0 Å². The van der Waals surface area contributed by atoms with Gasteiger partial charge >= 0.3 is 5.97 Å². The van der Waals surface area contributed by atoms with Crippen LogP contribution in [0.25, 0.3) is 0 Å². The molecule has 2 N–H and O–H groups in total. The highest BCUT2D eigenvalue weighted by Gasteiger charge is 2.14. The minimum absolute atomic E-state index is 0.0957. The van der Waals surface area contributed by atoms with E-state index in [9.17, 15) is 4.79 Å². The Morgan fingerprint density at radius 3 is 2.65 bits per heavy atom. The summed E-state index contributed by atoms with van der Waals surface area (Å²) < 4.78 is 10.8. The highest BCUT2D eigenvalue weighted by molar-refractivity contribution is 5.89. The zero-order valence-electron chi connectivity index (χ0n) is 11.6. The van der Waals surface area contributed by atoms with Crippen LogP contribution < -0.4 is 10.1 Å². The lowest BCUT2D eigenvalue weighted by molar-refractivity contribution is 0.0697. The number of aryl methyl sites for hydroxylation is 1. The van der Waals surface area contributed by atoms with Crippen LogP contribution in [0.2, 0.25) is 0 Å². The van der Waals surface area contributed by atoms with Gasteiger partial charge in [0.25, 0.3) is 0 Å². The van der Waals surface area contributed by atoms with Gasteiger partial charge in [0, 0.05) is 0 Å². The summed E-state index contributed by atoms with van der Waals surface area (Å²) in [6.07, 6.45) is 0. The minimum Gasteiger partial charge on any atom is -0.495 e. The number of carbonyl (C=O) groups is 1. The maximum atomic E-state index is 11.0. The second kappa shape index (κ2) is 5.69. The Morgan fingerprint density at radius 1 is 1.35 bits per heavy atom. The maximum Gasteiger partial charge on any atom is 0.335 e. The first-order chi connectivity index (χ1) is 9.51. The predicted molar refractivity (Wildman–Crippen MR) is 75.4 cm³/mol. The fraction of sp³-hybridized carbons (Fsp3) is 0.267. The fourth-order valence-corrected chi connectivity index (χ4v) is 1.94. The number of carboxylic acids is 1. The Bertz CT molecular complexity index is 618. The molecule has 0 aliphatic rings. The van der Waals surface area contributed by atoms with Crippen LogP contribution in [0.3, 0.4) is 0 Å². The maximum absolute atomic E-state index is 11.0. The van der Waals surface area contributed by atoms with Gasteiger partial charge in [-0.05, 0) is 44.2 Å². The number of hydrogen-bond acceptors (Lipinski definition) is 4. The number of methoxy groups -OCH3 is 1. The topological polar surface area (TPSA) is 71.7 Å². The van der Waals surface area contributed by atoms with Crippen molar-refractivity contribution in [3.05, 3.63) is 47.4 Å². The molecule has 5 heteroatoms. The molecule has 1 aromatic heterocycles. The van der Waals surface area contributed by atoms with Crippen molar-refractivity contribution in [1.82, 2.24) is 0 Å². The van der Waals surface area contributed by atoms with Crippen LogP contribution in [0.4, 0.5) is 5.69 Å². The molecule has 20 heavy (non-hydrogen) atoms. The Hall–Kier alpha value is -2.43. The molecule has 0 saturated heterocycles. The Kier molecular flexibility index (Phi) is 3.98. The smallest absolute Gasteiger partial charge is 0.335 e. The molecule has 0 saturated carbocycles. The monoisotopic (exact) mass is 275 g/mol. The standard InChI is InChI=1S/C15H17NO4/c1-9-4-6-13(20-9)10(2)16-12-8-11(15(17)18)5-7-14(12)19-3/h4-8,10,16H,1-3H3,(H,17,18). The number of hydrogen-bond donors (Lipinski definition) is 2. The van der Waals surface area contributed by atoms with Crippen LogP contribution in [0, 0.1) is 6.92 Å². The molecular weight excluding hydrogens is 258 g/mol. The Morgan fingerprint density at radius 2 is 2.10 bits per heavy atom. The molecule has 5 nitrogen and oxygen atoms in total. The summed E-state index contributed by atoms with van der Waals surface area (Å²) in [6.45, 7) is 3.81. The molecule has 1 aromatic carbocycles. The number of nitrogens with one attached hydrogen (secondary N) is 1. The van der Waals surface area contributed by atoms with Crippen molar-refractivity contribution in [3.8, 4) is 5.75 Å². The average molecular weight is 275 g/mol. The number of anilines is 1. The fourth-order valence-electron chi connectivity index (χ4n) is 1.94. The summed E-state index contributed by atoms with van der Waals surface area (Å²) in [5, 5.41) is 12.2. The number of furan rings is 1. The molecule has 0 bridgehead atoms. The van der Waals surface area contributed by atoms with E-state index in [1.165, 1.54) is 6.07 Å². The van der Waals surface area contributed by atoms with E-state index < -0.39 is 5.97 Å². The first kappa shape index (κ1) is 14.0. The van der Waals surface area contributed by atoms with E-state index in [4.69, 9.17) is 14.3 Å². The third-order valence-electron chi connectivity index (χ3n) is 3.01. The van der Waals surface area contributed by atoms with Gasteiger partial charge in [0.1, 0.15) is 17.3 Å². The lowest BCUT2D eigenvalue weighted by atomic mass is 10.1. The highest BCUT2D eigenvalue weighted by atomic mass is 16.5. The van der Waals surface area contributed by atoms with Crippen molar-refractivity contribution in [2.45, 2.75) is 19.9 Å². The normalized spacial score (nSPS) is 11.9. The van der Waals surface area contributed by atoms with E-state index in [1.807, 2.05) is 26.0 Å². The van der Waals surface area contributed by atoms with Crippen LogP contribution in [0.1, 0.15) is 34.8 Å². The van der Waals surface area contributed by atoms with Crippen LogP contribution in [0.5, 0.6) is 5.75 Å². The molecule has 0 spiro atoms. The summed E-state index contributed by atoms with van der Waals surface area (Å²) in [7, 11) is 1.54. The van der Waals surface area contributed by atoms with Gasteiger partial charge in [-0.3, -0.25) is 0 Å². The molecule has 0 radical (unpaired) electrons. The largest absolute Gasteiger partial charge is 0.495 e. The van der Waals surface area contributed by atoms with Crippen molar-refractivity contribution in [2.24, 2.45) is 0 Å². The molecule has 0 aliphatic carbocycles. The van der Waals surface area contributed by atoms with Gasteiger partial charge in [0.2, 0.25) is 0 Å². The van der Waals surface area contributed by atoms with Gasteiger partial charge < -0.3 is 19.6 Å². The second-order valence-corrected chi connectivity index (χ2v) is 4.53. The molecule has 1 unspecified atom stereocenters. The van der Waals surface area contributed by atoms with Gasteiger partial charge in [0.15, 0.2) is 0 Å². The van der Waals surface area contributed by atoms with E-state index in [0.717, 1.165) is 11.5 Å². The Balaban J connectivity index is 2.27.